The third-order valence-corrected chi connectivity index (χ3v) is 3.77. The van der Waals surface area contributed by atoms with E-state index in [1.54, 1.807) is 6.26 Å². The van der Waals surface area contributed by atoms with Gasteiger partial charge in [-0.1, -0.05) is 0 Å². The maximum absolute atomic E-state index is 5.38. The molecule has 2 rings (SSSR count). The minimum absolute atomic E-state index is 0.455. The third-order valence-electron chi connectivity index (χ3n) is 3.77. The van der Waals surface area contributed by atoms with E-state index in [9.17, 15) is 0 Å². The molecule has 4 heteroatoms. The number of furan rings is 1. The van der Waals surface area contributed by atoms with Gasteiger partial charge in [-0.2, -0.15) is 0 Å². The summed E-state index contributed by atoms with van der Waals surface area (Å²) in [6.45, 7) is 6.75. The van der Waals surface area contributed by atoms with Crippen molar-refractivity contribution in [1.29, 1.82) is 0 Å². The van der Waals surface area contributed by atoms with Crippen LogP contribution < -0.4 is 5.32 Å². The Morgan fingerprint density at radius 3 is 3.00 bits per heavy atom. The van der Waals surface area contributed by atoms with Crippen molar-refractivity contribution in [3.63, 3.8) is 0 Å². The summed E-state index contributed by atoms with van der Waals surface area (Å²) in [5.41, 5.74) is 0. The third kappa shape index (κ3) is 3.83. The number of hydrogen-bond acceptors (Lipinski definition) is 4. The van der Waals surface area contributed by atoms with Gasteiger partial charge in [-0.3, -0.25) is 4.90 Å². The summed E-state index contributed by atoms with van der Waals surface area (Å²) in [7, 11) is 4.42. The van der Waals surface area contributed by atoms with Gasteiger partial charge in [0.05, 0.1) is 6.26 Å². The highest BCUT2D eigenvalue weighted by Gasteiger charge is 2.22. The molecule has 1 aliphatic rings. The average molecular weight is 251 g/mol. The van der Waals surface area contributed by atoms with Crippen molar-refractivity contribution in [3.05, 3.63) is 24.2 Å². The van der Waals surface area contributed by atoms with E-state index in [1.165, 1.54) is 6.54 Å². The summed E-state index contributed by atoms with van der Waals surface area (Å²) < 4.78 is 5.38. The lowest BCUT2D eigenvalue weighted by Crippen LogP contribution is -2.54. The molecule has 1 aliphatic heterocycles. The minimum Gasteiger partial charge on any atom is -0.469 e. The maximum atomic E-state index is 5.38. The Bertz CT molecular complexity index is 339. The Labute approximate surface area is 110 Å². The van der Waals surface area contributed by atoms with E-state index in [0.717, 1.165) is 31.8 Å². The average Bonchev–Trinajstić information content (AvgIpc) is 2.83. The molecule has 2 atom stereocenters. The molecule has 0 saturated carbocycles. The highest BCUT2D eigenvalue weighted by molar-refractivity contribution is 5.00. The summed E-state index contributed by atoms with van der Waals surface area (Å²) in [6.07, 6.45) is 2.70. The van der Waals surface area contributed by atoms with Crippen molar-refractivity contribution in [2.45, 2.75) is 25.4 Å². The zero-order valence-electron chi connectivity index (χ0n) is 11.7. The van der Waals surface area contributed by atoms with E-state index in [4.69, 9.17) is 4.42 Å². The molecule has 102 valence electrons. The number of piperazine rings is 1. The molecule has 0 aliphatic carbocycles. The second-order valence-electron chi connectivity index (χ2n) is 5.49. The first-order valence-corrected chi connectivity index (χ1v) is 6.79. The smallest absolute Gasteiger partial charge is 0.105 e. The van der Waals surface area contributed by atoms with Crippen LogP contribution in [0.1, 0.15) is 12.7 Å². The first kappa shape index (κ1) is 13.6. The second-order valence-corrected chi connectivity index (χ2v) is 5.49. The van der Waals surface area contributed by atoms with Crippen LogP contribution in [-0.4, -0.2) is 62.2 Å². The fraction of sp³-hybridized carbons (Fsp3) is 0.714. The van der Waals surface area contributed by atoms with Crippen LogP contribution in [-0.2, 0) is 6.42 Å². The van der Waals surface area contributed by atoms with Gasteiger partial charge in [-0.15, -0.1) is 0 Å². The number of likely N-dealkylation sites (N-methyl/N-ethyl adjacent to an activating group) is 2. The van der Waals surface area contributed by atoms with Gasteiger partial charge in [-0.25, -0.2) is 0 Å². The largest absolute Gasteiger partial charge is 0.469 e. The predicted molar refractivity (Wildman–Crippen MR) is 73.8 cm³/mol. The molecule has 4 nitrogen and oxygen atoms in total. The zero-order chi connectivity index (χ0) is 13.0. The predicted octanol–water partition coefficient (Wildman–Crippen LogP) is 1.05. The summed E-state index contributed by atoms with van der Waals surface area (Å²) in [5, 5.41) is 3.61. The van der Waals surface area contributed by atoms with Crippen molar-refractivity contribution in [3.8, 4) is 0 Å². The SMILES string of the molecule is CC(Cc1ccco1)NCC1CN(C)CCN1C. The fourth-order valence-corrected chi connectivity index (χ4v) is 2.46. The van der Waals surface area contributed by atoms with Gasteiger partial charge < -0.3 is 14.6 Å². The molecule has 18 heavy (non-hydrogen) atoms. The van der Waals surface area contributed by atoms with Crippen LogP contribution in [0.5, 0.6) is 0 Å². The van der Waals surface area contributed by atoms with Crippen molar-refractivity contribution in [2.24, 2.45) is 0 Å². The van der Waals surface area contributed by atoms with Gasteiger partial charge in [0.1, 0.15) is 5.76 Å². The van der Waals surface area contributed by atoms with Gasteiger partial charge in [0.25, 0.3) is 0 Å². The lowest BCUT2D eigenvalue weighted by Gasteiger charge is -2.38. The standard InChI is InChI=1S/C14H25N3O/c1-12(9-14-5-4-8-18-14)15-10-13-11-16(2)6-7-17(13)3/h4-5,8,12-13,15H,6-7,9-11H2,1-3H3. The highest BCUT2D eigenvalue weighted by atomic mass is 16.3. The van der Waals surface area contributed by atoms with E-state index < -0.39 is 0 Å². The molecular formula is C14H25N3O. The maximum Gasteiger partial charge on any atom is 0.105 e. The molecular weight excluding hydrogens is 226 g/mol. The number of nitrogens with zero attached hydrogens (tertiary/aromatic N) is 2. The Morgan fingerprint density at radius 1 is 1.44 bits per heavy atom. The van der Waals surface area contributed by atoms with E-state index in [0.29, 0.717) is 12.1 Å². The van der Waals surface area contributed by atoms with Crippen molar-refractivity contribution >= 4 is 0 Å². The minimum atomic E-state index is 0.455. The zero-order valence-corrected chi connectivity index (χ0v) is 11.7. The lowest BCUT2D eigenvalue weighted by atomic mass is 10.1. The molecule has 0 amide bonds. The molecule has 0 radical (unpaired) electrons. The van der Waals surface area contributed by atoms with Crippen LogP contribution in [0.4, 0.5) is 0 Å². The van der Waals surface area contributed by atoms with Gasteiger partial charge in [-0.05, 0) is 33.2 Å². The Hall–Kier alpha value is -0.840. The summed E-state index contributed by atoms with van der Waals surface area (Å²) in [4.78, 5) is 4.86. The molecule has 2 unspecified atom stereocenters. The number of hydrogen-bond donors (Lipinski definition) is 1. The molecule has 1 saturated heterocycles. The summed E-state index contributed by atoms with van der Waals surface area (Å²) >= 11 is 0. The van der Waals surface area contributed by atoms with E-state index >= 15 is 0 Å². The lowest BCUT2D eigenvalue weighted by molar-refractivity contribution is 0.111. The van der Waals surface area contributed by atoms with Crippen LogP contribution >= 0.6 is 0 Å². The Balaban J connectivity index is 1.73. The number of nitrogens with one attached hydrogen (secondary N) is 1. The summed E-state index contributed by atoms with van der Waals surface area (Å²) in [6, 6.07) is 5.06. The first-order valence-electron chi connectivity index (χ1n) is 6.79. The van der Waals surface area contributed by atoms with Gasteiger partial charge in [0.2, 0.25) is 0 Å². The Kier molecular flexibility index (Phi) is 4.80. The van der Waals surface area contributed by atoms with Crippen molar-refractivity contribution in [2.75, 3.05) is 40.3 Å². The Morgan fingerprint density at radius 2 is 2.28 bits per heavy atom. The molecule has 2 heterocycles. The topological polar surface area (TPSA) is 31.7 Å². The van der Waals surface area contributed by atoms with Crippen LogP contribution in [0.15, 0.2) is 22.8 Å². The van der Waals surface area contributed by atoms with Crippen LogP contribution in [0.2, 0.25) is 0 Å². The first-order chi connectivity index (χ1) is 8.65. The molecule has 0 aromatic carbocycles. The van der Waals surface area contributed by atoms with Gasteiger partial charge >= 0.3 is 0 Å². The molecule has 1 N–H and O–H groups in total. The normalized spacial score (nSPS) is 24.3. The van der Waals surface area contributed by atoms with Crippen LogP contribution in [0.3, 0.4) is 0 Å². The van der Waals surface area contributed by atoms with E-state index in [1.807, 2.05) is 12.1 Å². The molecule has 1 fully saturated rings. The monoisotopic (exact) mass is 251 g/mol. The molecule has 0 spiro atoms. The van der Waals surface area contributed by atoms with Gasteiger partial charge in [0.15, 0.2) is 0 Å². The van der Waals surface area contributed by atoms with Crippen molar-refractivity contribution < 1.29 is 4.42 Å². The second kappa shape index (κ2) is 6.36. The molecule has 1 aromatic heterocycles. The molecule has 0 bridgehead atoms. The summed E-state index contributed by atoms with van der Waals surface area (Å²) in [5.74, 6) is 1.06. The van der Waals surface area contributed by atoms with E-state index in [-0.39, 0.29) is 0 Å². The number of rotatable bonds is 5. The van der Waals surface area contributed by atoms with Crippen molar-refractivity contribution in [1.82, 2.24) is 15.1 Å². The van der Waals surface area contributed by atoms with Gasteiger partial charge in [0, 0.05) is 44.7 Å². The fourth-order valence-electron chi connectivity index (χ4n) is 2.46. The highest BCUT2D eigenvalue weighted by Crippen LogP contribution is 2.07. The van der Waals surface area contributed by atoms with E-state index in [2.05, 4.69) is 36.1 Å². The van der Waals surface area contributed by atoms with Crippen LogP contribution in [0, 0.1) is 0 Å². The van der Waals surface area contributed by atoms with Crippen LogP contribution in [0.25, 0.3) is 0 Å². The molecule has 1 aromatic rings. The quantitative estimate of drug-likeness (QED) is 0.847.